The Kier molecular flexibility index (Phi) is 4.37. The van der Waals surface area contributed by atoms with Gasteiger partial charge in [-0.25, -0.2) is 0 Å². The molecule has 0 aromatic carbocycles. The minimum atomic E-state index is -0.390. The van der Waals surface area contributed by atoms with Crippen LogP contribution in [0.4, 0.5) is 0 Å². The minimum Gasteiger partial charge on any atom is -0.391 e. The van der Waals surface area contributed by atoms with Crippen molar-refractivity contribution in [2.75, 3.05) is 26.3 Å². The Balaban J connectivity index is 1.60. The molecule has 2 heterocycles. The summed E-state index contributed by atoms with van der Waals surface area (Å²) >= 11 is 0. The van der Waals surface area contributed by atoms with Gasteiger partial charge in [0.2, 0.25) is 0 Å². The van der Waals surface area contributed by atoms with Crippen LogP contribution >= 0.6 is 0 Å². The molecule has 4 heteroatoms. The van der Waals surface area contributed by atoms with E-state index in [1.807, 2.05) is 0 Å². The predicted octanol–water partition coefficient (Wildman–Crippen LogP) is 2.01. The molecule has 3 fully saturated rings. The molecule has 116 valence electrons. The summed E-state index contributed by atoms with van der Waals surface area (Å²) in [5.41, 5.74) is 0. The van der Waals surface area contributed by atoms with E-state index in [-0.39, 0.29) is 12.1 Å². The summed E-state index contributed by atoms with van der Waals surface area (Å²) in [6.07, 6.45) is 4.78. The maximum Gasteiger partial charge on any atom is 0.170 e. The zero-order valence-corrected chi connectivity index (χ0v) is 12.9. The van der Waals surface area contributed by atoms with E-state index < -0.39 is 5.79 Å². The standard InChI is InChI=1S/C16H29NO3/c1-12(2)13-4-7-17(8-5-13)14-11-16(6-3-15(14)18)19-9-10-20-16/h12-15,18H,3-11H2,1-2H3. The molecule has 1 spiro atoms. The summed E-state index contributed by atoms with van der Waals surface area (Å²) < 4.78 is 11.7. The highest BCUT2D eigenvalue weighted by Crippen LogP contribution is 2.39. The second-order valence-electron chi connectivity index (χ2n) is 7.10. The SMILES string of the molecule is CC(C)C1CCN(C2CC3(CCC2O)OCCO3)CC1. The van der Waals surface area contributed by atoms with E-state index in [9.17, 15) is 5.11 Å². The third-order valence-electron chi connectivity index (χ3n) is 5.58. The average molecular weight is 283 g/mol. The van der Waals surface area contributed by atoms with Crippen molar-refractivity contribution in [3.05, 3.63) is 0 Å². The zero-order chi connectivity index (χ0) is 14.2. The molecule has 4 nitrogen and oxygen atoms in total. The maximum absolute atomic E-state index is 10.4. The van der Waals surface area contributed by atoms with Gasteiger partial charge in [-0.3, -0.25) is 4.90 Å². The Morgan fingerprint density at radius 1 is 1.10 bits per heavy atom. The Bertz CT molecular complexity index is 320. The van der Waals surface area contributed by atoms with Crippen molar-refractivity contribution >= 4 is 0 Å². The van der Waals surface area contributed by atoms with Gasteiger partial charge in [0.25, 0.3) is 0 Å². The van der Waals surface area contributed by atoms with Crippen LogP contribution in [-0.4, -0.2) is 54.2 Å². The fourth-order valence-electron chi connectivity index (χ4n) is 4.17. The molecule has 2 unspecified atom stereocenters. The zero-order valence-electron chi connectivity index (χ0n) is 12.9. The highest BCUT2D eigenvalue weighted by atomic mass is 16.7. The van der Waals surface area contributed by atoms with Crippen molar-refractivity contribution in [3.63, 3.8) is 0 Å². The maximum atomic E-state index is 10.4. The number of hydrogen-bond donors (Lipinski definition) is 1. The molecule has 0 bridgehead atoms. The van der Waals surface area contributed by atoms with Gasteiger partial charge in [0, 0.05) is 18.9 Å². The highest BCUT2D eigenvalue weighted by molar-refractivity contribution is 4.94. The molecule has 20 heavy (non-hydrogen) atoms. The van der Waals surface area contributed by atoms with Gasteiger partial charge in [-0.2, -0.15) is 0 Å². The number of rotatable bonds is 2. The van der Waals surface area contributed by atoms with Crippen LogP contribution in [0.3, 0.4) is 0 Å². The first-order valence-electron chi connectivity index (χ1n) is 8.30. The molecule has 0 amide bonds. The highest BCUT2D eigenvalue weighted by Gasteiger charge is 2.46. The molecule has 2 atom stereocenters. The molecule has 2 saturated heterocycles. The lowest BCUT2D eigenvalue weighted by Crippen LogP contribution is -2.55. The van der Waals surface area contributed by atoms with E-state index in [0.29, 0.717) is 13.2 Å². The summed E-state index contributed by atoms with van der Waals surface area (Å²) in [6.45, 7) is 8.29. The Morgan fingerprint density at radius 3 is 2.35 bits per heavy atom. The third-order valence-corrected chi connectivity index (χ3v) is 5.58. The van der Waals surface area contributed by atoms with Gasteiger partial charge in [-0.05, 0) is 44.2 Å². The monoisotopic (exact) mass is 283 g/mol. The molecular weight excluding hydrogens is 254 g/mol. The molecule has 0 radical (unpaired) electrons. The van der Waals surface area contributed by atoms with Crippen molar-refractivity contribution in [2.45, 2.75) is 63.9 Å². The number of aliphatic hydroxyl groups is 1. The molecule has 3 rings (SSSR count). The van der Waals surface area contributed by atoms with Crippen molar-refractivity contribution in [3.8, 4) is 0 Å². The Morgan fingerprint density at radius 2 is 1.75 bits per heavy atom. The lowest BCUT2D eigenvalue weighted by molar-refractivity contribution is -0.206. The molecule has 3 aliphatic rings. The second-order valence-corrected chi connectivity index (χ2v) is 7.10. The van der Waals surface area contributed by atoms with Gasteiger partial charge in [0.15, 0.2) is 5.79 Å². The fourth-order valence-corrected chi connectivity index (χ4v) is 4.17. The first-order chi connectivity index (χ1) is 9.60. The van der Waals surface area contributed by atoms with Gasteiger partial charge in [0.1, 0.15) is 0 Å². The van der Waals surface area contributed by atoms with E-state index in [2.05, 4.69) is 18.7 Å². The van der Waals surface area contributed by atoms with Crippen molar-refractivity contribution in [1.82, 2.24) is 4.90 Å². The average Bonchev–Trinajstić information content (AvgIpc) is 2.90. The minimum absolute atomic E-state index is 0.218. The van der Waals surface area contributed by atoms with Gasteiger partial charge in [0.05, 0.1) is 19.3 Å². The van der Waals surface area contributed by atoms with E-state index in [1.165, 1.54) is 12.8 Å². The van der Waals surface area contributed by atoms with Crippen LogP contribution in [0, 0.1) is 11.8 Å². The lowest BCUT2D eigenvalue weighted by Gasteiger charge is -2.46. The van der Waals surface area contributed by atoms with Crippen LogP contribution in [0.15, 0.2) is 0 Å². The Labute approximate surface area is 122 Å². The molecule has 0 aromatic heterocycles. The summed E-state index contributed by atoms with van der Waals surface area (Å²) in [7, 11) is 0. The first-order valence-corrected chi connectivity index (χ1v) is 8.30. The number of nitrogens with zero attached hydrogens (tertiary/aromatic N) is 1. The van der Waals surface area contributed by atoms with E-state index >= 15 is 0 Å². The predicted molar refractivity (Wildman–Crippen MR) is 77.4 cm³/mol. The van der Waals surface area contributed by atoms with Crippen LogP contribution in [0.1, 0.15) is 46.0 Å². The van der Waals surface area contributed by atoms with E-state index in [4.69, 9.17) is 9.47 Å². The number of aliphatic hydroxyl groups excluding tert-OH is 1. The smallest absolute Gasteiger partial charge is 0.170 e. The summed E-state index contributed by atoms with van der Waals surface area (Å²) in [5.74, 6) is 1.24. The van der Waals surface area contributed by atoms with Gasteiger partial charge < -0.3 is 14.6 Å². The molecule has 0 aromatic rings. The number of piperidine rings is 1. The first kappa shape index (κ1) is 14.8. The van der Waals surface area contributed by atoms with Crippen molar-refractivity contribution in [2.24, 2.45) is 11.8 Å². The summed E-state index contributed by atoms with van der Waals surface area (Å²) in [5, 5.41) is 10.4. The van der Waals surface area contributed by atoms with E-state index in [0.717, 1.165) is 44.2 Å². The number of likely N-dealkylation sites (tertiary alicyclic amines) is 1. The van der Waals surface area contributed by atoms with Gasteiger partial charge in [-0.1, -0.05) is 13.8 Å². The lowest BCUT2D eigenvalue weighted by atomic mass is 9.82. The topological polar surface area (TPSA) is 41.9 Å². The fraction of sp³-hybridized carbons (Fsp3) is 1.00. The molecule has 1 N–H and O–H groups in total. The quantitative estimate of drug-likeness (QED) is 0.842. The van der Waals surface area contributed by atoms with Crippen LogP contribution in [0.5, 0.6) is 0 Å². The second kappa shape index (κ2) is 5.91. The van der Waals surface area contributed by atoms with Crippen molar-refractivity contribution in [1.29, 1.82) is 0 Å². The Hall–Kier alpha value is -0.160. The largest absolute Gasteiger partial charge is 0.391 e. The van der Waals surface area contributed by atoms with Crippen LogP contribution in [0.2, 0.25) is 0 Å². The van der Waals surface area contributed by atoms with Crippen LogP contribution < -0.4 is 0 Å². The van der Waals surface area contributed by atoms with Gasteiger partial charge in [-0.15, -0.1) is 0 Å². The van der Waals surface area contributed by atoms with Crippen LogP contribution in [-0.2, 0) is 9.47 Å². The number of ether oxygens (including phenoxy) is 2. The molecule has 2 aliphatic heterocycles. The normalized spacial score (nSPS) is 36.0. The van der Waals surface area contributed by atoms with Crippen molar-refractivity contribution < 1.29 is 14.6 Å². The molecule has 1 aliphatic carbocycles. The molecule has 1 saturated carbocycles. The van der Waals surface area contributed by atoms with Gasteiger partial charge >= 0.3 is 0 Å². The van der Waals surface area contributed by atoms with Crippen LogP contribution in [0.25, 0.3) is 0 Å². The third kappa shape index (κ3) is 2.89. The summed E-state index contributed by atoms with van der Waals surface area (Å²) in [6, 6.07) is 0.218. The van der Waals surface area contributed by atoms with E-state index in [1.54, 1.807) is 0 Å². The number of hydrogen-bond acceptors (Lipinski definition) is 4. The molecular formula is C16H29NO3. The summed E-state index contributed by atoms with van der Waals surface area (Å²) in [4.78, 5) is 2.48.